The Morgan fingerprint density at radius 1 is 0.977 bits per heavy atom. The summed E-state index contributed by atoms with van der Waals surface area (Å²) in [5.41, 5.74) is 0.686. The molecule has 0 unspecified atom stereocenters. The van der Waals surface area contributed by atoms with E-state index >= 15 is 0 Å². The van der Waals surface area contributed by atoms with Gasteiger partial charge in [0.15, 0.2) is 29.6 Å². The fourth-order valence-corrected chi connectivity index (χ4v) is 4.80. The van der Waals surface area contributed by atoms with E-state index in [2.05, 4.69) is 10.6 Å². The third-order valence-electron chi connectivity index (χ3n) is 6.01. The lowest BCUT2D eigenvalue weighted by Crippen LogP contribution is -2.54. The lowest BCUT2D eigenvalue weighted by atomic mass is 10.1. The molecule has 1 aliphatic rings. The summed E-state index contributed by atoms with van der Waals surface area (Å²) in [5, 5.41) is 4.79. The highest BCUT2D eigenvalue weighted by Crippen LogP contribution is 2.36. The number of amides is 5. The number of benzene rings is 3. The fourth-order valence-electron chi connectivity index (χ4n) is 4.02. The Bertz CT molecular complexity index is 1590. The van der Waals surface area contributed by atoms with E-state index < -0.39 is 29.6 Å². The average Bonchev–Trinajstić information content (AvgIpc) is 2.98. The van der Waals surface area contributed by atoms with Gasteiger partial charge in [0.2, 0.25) is 0 Å². The van der Waals surface area contributed by atoms with Crippen molar-refractivity contribution in [3.05, 3.63) is 75.1 Å². The third kappa shape index (κ3) is 7.41. The van der Waals surface area contributed by atoms with Crippen molar-refractivity contribution < 1.29 is 42.5 Å². The molecule has 3 aromatic rings. The van der Waals surface area contributed by atoms with Gasteiger partial charge in [0, 0.05) is 11.8 Å². The van der Waals surface area contributed by atoms with Gasteiger partial charge < -0.3 is 24.3 Å². The van der Waals surface area contributed by atoms with Crippen molar-refractivity contribution in [2.45, 2.75) is 13.3 Å². The molecule has 11 nitrogen and oxygen atoms in total. The van der Waals surface area contributed by atoms with Crippen LogP contribution in [0.3, 0.4) is 0 Å². The van der Waals surface area contributed by atoms with Gasteiger partial charge in [-0.05, 0) is 89.2 Å². The van der Waals surface area contributed by atoms with E-state index in [1.165, 1.54) is 62.8 Å². The largest absolute Gasteiger partial charge is 0.493 e. The van der Waals surface area contributed by atoms with Crippen LogP contribution in [-0.4, -0.2) is 51.2 Å². The Labute approximate surface area is 260 Å². The van der Waals surface area contributed by atoms with Crippen molar-refractivity contribution in [3.8, 4) is 23.0 Å². The molecular formula is C30H27FIN3O8. The van der Waals surface area contributed by atoms with Crippen LogP contribution in [-0.2, 0) is 14.4 Å². The quantitative estimate of drug-likeness (QED) is 0.164. The number of halogens is 2. The number of urea groups is 1. The standard InChI is InChI=1S/C30H27FIN3O8/c1-4-11-42-23-10-9-20(15-24(23)40-2)35-29(38)21(28(37)34-30(35)39)12-17-13-22(32)27(25(14-17)41-3)43-16-26(36)33-19-7-5-18(31)6-8-19/h5-10,12-15H,4,11,16H2,1-3H3,(H,33,36)(H,34,37,39)/b21-12-. The van der Waals surface area contributed by atoms with Gasteiger partial charge in [-0.2, -0.15) is 0 Å². The van der Waals surface area contributed by atoms with E-state index in [1.807, 2.05) is 29.5 Å². The number of barbiturate groups is 1. The Kier molecular flexibility index (Phi) is 10.2. The lowest BCUT2D eigenvalue weighted by Gasteiger charge is -2.27. The number of methoxy groups -OCH3 is 2. The molecule has 0 bridgehead atoms. The first-order valence-corrected chi connectivity index (χ1v) is 14.0. The molecule has 1 fully saturated rings. The molecule has 1 aliphatic heterocycles. The van der Waals surface area contributed by atoms with Crippen molar-refractivity contribution in [2.24, 2.45) is 0 Å². The topological polar surface area (TPSA) is 132 Å². The molecule has 5 amide bonds. The Morgan fingerprint density at radius 2 is 1.70 bits per heavy atom. The van der Waals surface area contributed by atoms with Gasteiger partial charge in [-0.15, -0.1) is 0 Å². The van der Waals surface area contributed by atoms with Crippen LogP contribution in [0, 0.1) is 9.39 Å². The number of ether oxygens (including phenoxy) is 4. The maximum absolute atomic E-state index is 13.4. The molecule has 3 aromatic carbocycles. The number of hydrogen-bond donors (Lipinski definition) is 2. The summed E-state index contributed by atoms with van der Waals surface area (Å²) in [6, 6.07) is 12.1. The van der Waals surface area contributed by atoms with Gasteiger partial charge in [0.1, 0.15) is 11.4 Å². The average molecular weight is 703 g/mol. The third-order valence-corrected chi connectivity index (χ3v) is 6.81. The lowest BCUT2D eigenvalue weighted by molar-refractivity contribution is -0.122. The summed E-state index contributed by atoms with van der Waals surface area (Å²) in [6.45, 7) is 2.04. The van der Waals surface area contributed by atoms with E-state index in [-0.39, 0.29) is 29.4 Å². The maximum Gasteiger partial charge on any atom is 0.335 e. The maximum atomic E-state index is 13.4. The highest BCUT2D eigenvalue weighted by Gasteiger charge is 2.37. The molecule has 224 valence electrons. The van der Waals surface area contributed by atoms with Gasteiger partial charge in [-0.1, -0.05) is 6.92 Å². The number of carbonyl (C=O) groups is 4. The van der Waals surface area contributed by atoms with Gasteiger partial charge in [-0.3, -0.25) is 19.7 Å². The number of anilines is 2. The normalized spacial score (nSPS) is 13.9. The Hall–Kier alpha value is -4.66. The second-order valence-corrected chi connectivity index (χ2v) is 10.2. The first-order valence-electron chi connectivity index (χ1n) is 12.9. The highest BCUT2D eigenvalue weighted by atomic mass is 127. The Balaban J connectivity index is 1.56. The zero-order valence-corrected chi connectivity index (χ0v) is 25.5. The minimum atomic E-state index is -0.911. The van der Waals surface area contributed by atoms with Crippen LogP contribution in [0.2, 0.25) is 0 Å². The number of carbonyl (C=O) groups excluding carboxylic acids is 4. The van der Waals surface area contributed by atoms with Crippen molar-refractivity contribution in [1.82, 2.24) is 5.32 Å². The molecule has 4 rings (SSSR count). The van der Waals surface area contributed by atoms with Crippen LogP contribution in [0.25, 0.3) is 6.08 Å². The van der Waals surface area contributed by atoms with Crippen molar-refractivity contribution in [3.63, 3.8) is 0 Å². The number of hydrogen-bond acceptors (Lipinski definition) is 8. The smallest absolute Gasteiger partial charge is 0.335 e. The van der Waals surface area contributed by atoms with Gasteiger partial charge >= 0.3 is 6.03 Å². The molecule has 0 saturated carbocycles. The molecule has 0 atom stereocenters. The Morgan fingerprint density at radius 3 is 2.37 bits per heavy atom. The fraction of sp³-hybridized carbons (Fsp3) is 0.200. The van der Waals surface area contributed by atoms with E-state index in [9.17, 15) is 23.6 Å². The SMILES string of the molecule is CCCOc1ccc(N2C(=O)NC(=O)/C(=C/c3cc(I)c(OCC(=O)Nc4ccc(F)cc4)c(OC)c3)C2=O)cc1OC. The van der Waals surface area contributed by atoms with Crippen LogP contribution in [0.1, 0.15) is 18.9 Å². The zero-order chi connectivity index (χ0) is 31.1. The van der Waals surface area contributed by atoms with Crippen LogP contribution >= 0.6 is 22.6 Å². The zero-order valence-electron chi connectivity index (χ0n) is 23.4. The van der Waals surface area contributed by atoms with Crippen LogP contribution in [0.5, 0.6) is 23.0 Å². The minimum absolute atomic E-state index is 0.177. The minimum Gasteiger partial charge on any atom is -0.493 e. The van der Waals surface area contributed by atoms with E-state index in [0.29, 0.717) is 32.9 Å². The molecule has 0 aromatic heterocycles. The summed E-state index contributed by atoms with van der Waals surface area (Å²) >= 11 is 1.97. The van der Waals surface area contributed by atoms with E-state index in [4.69, 9.17) is 18.9 Å². The molecule has 0 spiro atoms. The van der Waals surface area contributed by atoms with Crippen LogP contribution < -0.4 is 34.5 Å². The summed E-state index contributed by atoms with van der Waals surface area (Å²) in [7, 11) is 2.83. The van der Waals surface area contributed by atoms with Crippen LogP contribution in [0.15, 0.2) is 60.2 Å². The van der Waals surface area contributed by atoms with Crippen molar-refractivity contribution in [1.29, 1.82) is 0 Å². The summed E-state index contributed by atoms with van der Waals surface area (Å²) in [6.07, 6.45) is 2.10. The predicted molar refractivity (Wildman–Crippen MR) is 164 cm³/mol. The van der Waals surface area contributed by atoms with Gasteiger partial charge in [-0.25, -0.2) is 14.1 Å². The summed E-state index contributed by atoms with van der Waals surface area (Å²) < 4.78 is 35.8. The molecule has 0 aliphatic carbocycles. The van der Waals surface area contributed by atoms with E-state index in [0.717, 1.165) is 11.3 Å². The molecule has 1 heterocycles. The number of rotatable bonds is 11. The molecule has 13 heteroatoms. The van der Waals surface area contributed by atoms with E-state index in [1.54, 1.807) is 12.1 Å². The number of nitrogens with zero attached hydrogens (tertiary/aromatic N) is 1. The molecule has 1 saturated heterocycles. The van der Waals surface area contributed by atoms with Crippen LogP contribution in [0.4, 0.5) is 20.6 Å². The summed E-state index contributed by atoms with van der Waals surface area (Å²) in [5.74, 6) is -1.37. The second kappa shape index (κ2) is 14.0. The molecule has 2 N–H and O–H groups in total. The highest BCUT2D eigenvalue weighted by molar-refractivity contribution is 14.1. The van der Waals surface area contributed by atoms with Gasteiger partial charge in [0.05, 0.1) is 30.1 Å². The summed E-state index contributed by atoms with van der Waals surface area (Å²) in [4.78, 5) is 52.1. The molecule has 43 heavy (non-hydrogen) atoms. The first kappa shape index (κ1) is 31.3. The monoisotopic (exact) mass is 703 g/mol. The van der Waals surface area contributed by atoms with Crippen molar-refractivity contribution in [2.75, 3.05) is 37.7 Å². The number of nitrogens with one attached hydrogen (secondary N) is 2. The second-order valence-electron chi connectivity index (χ2n) is 9.02. The molecule has 0 radical (unpaired) electrons. The van der Waals surface area contributed by atoms with Crippen molar-refractivity contribution >= 4 is 63.8 Å². The predicted octanol–water partition coefficient (Wildman–Crippen LogP) is 4.92. The molecular weight excluding hydrogens is 676 g/mol. The first-order chi connectivity index (χ1) is 20.6. The number of imide groups is 2. The van der Waals surface area contributed by atoms with Gasteiger partial charge in [0.25, 0.3) is 17.7 Å².